The molecule has 1 aromatic heterocycles. The third-order valence-electron chi connectivity index (χ3n) is 4.97. The molecular weight excluding hydrogens is 272 g/mol. The van der Waals surface area contributed by atoms with Crippen LogP contribution < -0.4 is 0 Å². The van der Waals surface area contributed by atoms with Crippen molar-refractivity contribution in [2.45, 2.75) is 53.2 Å². The van der Waals surface area contributed by atoms with Gasteiger partial charge in [-0.05, 0) is 61.6 Å². The smallest absolute Gasteiger partial charge is 0.0488 e. The summed E-state index contributed by atoms with van der Waals surface area (Å²) in [5.41, 5.74) is 7.15. The first-order valence-corrected chi connectivity index (χ1v) is 8.48. The number of benzene rings is 1. The summed E-state index contributed by atoms with van der Waals surface area (Å²) in [4.78, 5) is 2.37. The van der Waals surface area contributed by atoms with Gasteiger partial charge in [-0.3, -0.25) is 4.90 Å². The highest BCUT2D eigenvalue weighted by Gasteiger charge is 2.21. The molecule has 1 unspecified atom stereocenters. The maximum atomic E-state index is 9.45. The van der Waals surface area contributed by atoms with Crippen molar-refractivity contribution in [3.05, 3.63) is 34.5 Å². The fourth-order valence-electron chi connectivity index (χ4n) is 3.79. The van der Waals surface area contributed by atoms with Crippen LogP contribution >= 0.6 is 0 Å². The number of fused-ring (bicyclic) bond motifs is 2. The van der Waals surface area contributed by atoms with Gasteiger partial charge in [-0.1, -0.05) is 13.8 Å². The van der Waals surface area contributed by atoms with Crippen LogP contribution in [-0.4, -0.2) is 28.2 Å². The van der Waals surface area contributed by atoms with Crippen LogP contribution in [0.4, 0.5) is 0 Å². The lowest BCUT2D eigenvalue weighted by molar-refractivity contribution is 0.237. The Morgan fingerprint density at radius 3 is 2.55 bits per heavy atom. The number of hydrogen-bond donors (Lipinski definition) is 1. The summed E-state index contributed by atoms with van der Waals surface area (Å²) >= 11 is 0. The number of rotatable bonds is 5. The summed E-state index contributed by atoms with van der Waals surface area (Å²) in [6.07, 6.45) is 2.11. The van der Waals surface area contributed by atoms with E-state index in [4.69, 9.17) is 0 Å². The van der Waals surface area contributed by atoms with Gasteiger partial charge in [0.15, 0.2) is 0 Å². The van der Waals surface area contributed by atoms with Gasteiger partial charge in [-0.2, -0.15) is 0 Å². The molecule has 0 fully saturated rings. The van der Waals surface area contributed by atoms with E-state index in [9.17, 15) is 5.11 Å². The Balaban J connectivity index is 2.17. The van der Waals surface area contributed by atoms with Gasteiger partial charge >= 0.3 is 0 Å². The Labute approximate surface area is 133 Å². The normalized spacial score (nSPS) is 16.4. The zero-order valence-electron chi connectivity index (χ0n) is 14.3. The second kappa shape index (κ2) is 6.05. The standard InChI is InChI=1S/C19H28N2O/c1-5-6-21-14(3)17(7-13(2)12-22)18-8-15-10-20(4)11-16(15)9-19(18)21/h8-9,13,22H,5-7,10-12H2,1-4H3. The van der Waals surface area contributed by atoms with Gasteiger partial charge in [0.05, 0.1) is 0 Å². The van der Waals surface area contributed by atoms with Crippen LogP contribution in [0.25, 0.3) is 10.9 Å². The van der Waals surface area contributed by atoms with E-state index in [1.807, 2.05) is 0 Å². The number of aliphatic hydroxyl groups excluding tert-OH is 1. The molecule has 0 aliphatic carbocycles. The first-order chi connectivity index (χ1) is 10.5. The van der Waals surface area contributed by atoms with Crippen LogP contribution in [0, 0.1) is 12.8 Å². The van der Waals surface area contributed by atoms with Crippen LogP contribution in [0.15, 0.2) is 12.1 Å². The van der Waals surface area contributed by atoms with Crippen LogP contribution in [0.3, 0.4) is 0 Å². The summed E-state index contributed by atoms with van der Waals surface area (Å²) in [6, 6.07) is 4.82. The molecule has 1 N–H and O–H groups in total. The topological polar surface area (TPSA) is 28.4 Å². The number of nitrogens with zero attached hydrogens (tertiary/aromatic N) is 2. The third-order valence-corrected chi connectivity index (χ3v) is 4.97. The van der Waals surface area contributed by atoms with Crippen LogP contribution in [0.5, 0.6) is 0 Å². The highest BCUT2D eigenvalue weighted by atomic mass is 16.3. The quantitative estimate of drug-likeness (QED) is 0.916. The number of aliphatic hydroxyl groups is 1. The number of aryl methyl sites for hydroxylation is 1. The van der Waals surface area contributed by atoms with Crippen LogP contribution in [-0.2, 0) is 26.1 Å². The van der Waals surface area contributed by atoms with Crippen molar-refractivity contribution < 1.29 is 5.11 Å². The lowest BCUT2D eigenvalue weighted by Gasteiger charge is -2.09. The van der Waals surface area contributed by atoms with Crippen LogP contribution in [0.2, 0.25) is 0 Å². The molecule has 2 heterocycles. The van der Waals surface area contributed by atoms with Crippen molar-refractivity contribution in [2.75, 3.05) is 13.7 Å². The molecule has 2 aromatic rings. The van der Waals surface area contributed by atoms with Gasteiger partial charge in [0, 0.05) is 42.8 Å². The average Bonchev–Trinajstić information content (AvgIpc) is 2.97. The maximum Gasteiger partial charge on any atom is 0.0488 e. The molecule has 1 aliphatic rings. The number of aromatic nitrogens is 1. The average molecular weight is 300 g/mol. The second-order valence-electron chi connectivity index (χ2n) is 7.02. The Kier molecular flexibility index (Phi) is 4.28. The minimum Gasteiger partial charge on any atom is -0.396 e. The molecular formula is C19H28N2O. The molecule has 0 saturated heterocycles. The largest absolute Gasteiger partial charge is 0.396 e. The molecule has 1 aromatic carbocycles. The Hall–Kier alpha value is -1.32. The zero-order valence-corrected chi connectivity index (χ0v) is 14.3. The maximum absolute atomic E-state index is 9.45. The van der Waals surface area contributed by atoms with E-state index < -0.39 is 0 Å². The van der Waals surface area contributed by atoms with Gasteiger partial charge < -0.3 is 9.67 Å². The summed E-state index contributed by atoms with van der Waals surface area (Å²) < 4.78 is 2.48. The molecule has 0 amide bonds. The first kappa shape index (κ1) is 15.6. The molecule has 0 saturated carbocycles. The van der Waals surface area contributed by atoms with Crippen molar-refractivity contribution in [2.24, 2.45) is 5.92 Å². The molecule has 0 bridgehead atoms. The third kappa shape index (κ3) is 2.57. The van der Waals surface area contributed by atoms with Gasteiger partial charge in [0.25, 0.3) is 0 Å². The molecule has 22 heavy (non-hydrogen) atoms. The Bertz CT molecular complexity index is 687. The Morgan fingerprint density at radius 1 is 1.23 bits per heavy atom. The SMILES string of the molecule is CCCn1c(C)c(CC(C)CO)c2cc3c(cc21)CN(C)C3. The molecule has 3 nitrogen and oxygen atoms in total. The fourth-order valence-corrected chi connectivity index (χ4v) is 3.79. The number of hydrogen-bond acceptors (Lipinski definition) is 2. The summed E-state index contributed by atoms with van der Waals surface area (Å²) in [5.74, 6) is 0.315. The van der Waals surface area contributed by atoms with E-state index in [1.54, 1.807) is 0 Å². The molecule has 120 valence electrons. The van der Waals surface area contributed by atoms with Gasteiger partial charge in [-0.25, -0.2) is 0 Å². The van der Waals surface area contributed by atoms with Gasteiger partial charge in [0.1, 0.15) is 0 Å². The van der Waals surface area contributed by atoms with Crippen molar-refractivity contribution in [1.82, 2.24) is 9.47 Å². The minimum atomic E-state index is 0.258. The van der Waals surface area contributed by atoms with E-state index in [1.165, 1.54) is 33.3 Å². The minimum absolute atomic E-state index is 0.258. The molecule has 1 aliphatic heterocycles. The summed E-state index contributed by atoms with van der Waals surface area (Å²) in [5, 5.41) is 10.8. The molecule has 0 spiro atoms. The van der Waals surface area contributed by atoms with E-state index in [0.29, 0.717) is 5.92 Å². The molecule has 3 rings (SSSR count). The van der Waals surface area contributed by atoms with Crippen molar-refractivity contribution in [3.63, 3.8) is 0 Å². The lowest BCUT2D eigenvalue weighted by atomic mass is 9.97. The monoisotopic (exact) mass is 300 g/mol. The first-order valence-electron chi connectivity index (χ1n) is 8.48. The summed E-state index contributed by atoms with van der Waals surface area (Å²) in [6.45, 7) is 10.1. The van der Waals surface area contributed by atoms with E-state index >= 15 is 0 Å². The predicted molar refractivity (Wildman–Crippen MR) is 92.1 cm³/mol. The Morgan fingerprint density at radius 2 is 1.91 bits per heavy atom. The highest BCUT2D eigenvalue weighted by molar-refractivity contribution is 5.87. The van der Waals surface area contributed by atoms with Crippen LogP contribution in [0.1, 0.15) is 42.7 Å². The van der Waals surface area contributed by atoms with Crippen molar-refractivity contribution in [3.8, 4) is 0 Å². The molecule has 0 radical (unpaired) electrons. The van der Waals surface area contributed by atoms with Gasteiger partial charge in [0.2, 0.25) is 0 Å². The van der Waals surface area contributed by atoms with E-state index in [0.717, 1.165) is 32.5 Å². The predicted octanol–water partition coefficient (Wildman–Crippen LogP) is 3.48. The fraction of sp³-hybridized carbons (Fsp3) is 0.579. The highest BCUT2D eigenvalue weighted by Crippen LogP contribution is 2.33. The second-order valence-corrected chi connectivity index (χ2v) is 7.02. The van der Waals surface area contributed by atoms with Crippen molar-refractivity contribution in [1.29, 1.82) is 0 Å². The zero-order chi connectivity index (χ0) is 15.9. The van der Waals surface area contributed by atoms with E-state index in [-0.39, 0.29) is 6.61 Å². The molecule has 1 atom stereocenters. The van der Waals surface area contributed by atoms with Gasteiger partial charge in [-0.15, -0.1) is 0 Å². The molecule has 3 heteroatoms. The van der Waals surface area contributed by atoms with Crippen molar-refractivity contribution >= 4 is 10.9 Å². The summed E-state index contributed by atoms with van der Waals surface area (Å²) in [7, 11) is 2.19. The van der Waals surface area contributed by atoms with E-state index in [2.05, 4.69) is 49.4 Å². The lowest BCUT2D eigenvalue weighted by Crippen LogP contribution is -2.07.